The third-order valence-corrected chi connectivity index (χ3v) is 1.29. The van der Waals surface area contributed by atoms with Crippen molar-refractivity contribution in [3.05, 3.63) is 0 Å². The van der Waals surface area contributed by atoms with Gasteiger partial charge in [-0.15, -0.1) is 0 Å². The number of rotatable bonds is 1. The van der Waals surface area contributed by atoms with Crippen LogP contribution in [0.25, 0.3) is 0 Å². The highest BCUT2D eigenvalue weighted by Gasteiger charge is 2.10. The molecule has 0 saturated heterocycles. The first kappa shape index (κ1) is 13.4. The Hall–Kier alpha value is -0.210. The molecule has 0 bridgehead atoms. The smallest absolute Gasteiger partial charge is 0.291 e. The zero-order chi connectivity index (χ0) is 9.65. The minimum Gasteiger partial charge on any atom is -0.379 e. The van der Waals surface area contributed by atoms with E-state index in [1.807, 2.05) is 0 Å². The van der Waals surface area contributed by atoms with Crippen molar-refractivity contribution < 1.29 is 23.2 Å². The van der Waals surface area contributed by atoms with E-state index < -0.39 is 21.8 Å². The van der Waals surface area contributed by atoms with E-state index >= 15 is 0 Å². The van der Waals surface area contributed by atoms with Crippen LogP contribution in [0.4, 0.5) is 0 Å². The van der Waals surface area contributed by atoms with Crippen molar-refractivity contribution in [2.75, 3.05) is 0 Å². The highest BCUT2D eigenvalue weighted by atomic mass is 32.2. The molecule has 0 amide bonds. The van der Waals surface area contributed by atoms with Crippen LogP contribution < -0.4 is 5.73 Å². The van der Waals surface area contributed by atoms with Gasteiger partial charge in [0.2, 0.25) is 0 Å². The molecular weight excluding hydrogens is 174 g/mol. The molecular formula is C4H13NO5S. The Labute approximate surface area is 65.4 Å². The summed E-state index contributed by atoms with van der Waals surface area (Å²) in [6.07, 6.45) is -0.667. The predicted molar refractivity (Wildman–Crippen MR) is 39.1 cm³/mol. The average molecular weight is 187 g/mol. The van der Waals surface area contributed by atoms with Gasteiger partial charge in [-0.05, 0) is 13.8 Å². The van der Waals surface area contributed by atoms with Crippen molar-refractivity contribution >= 4 is 10.1 Å². The third-order valence-electron chi connectivity index (χ3n) is 0.431. The van der Waals surface area contributed by atoms with Crippen molar-refractivity contribution in [3.63, 3.8) is 0 Å². The lowest BCUT2D eigenvalue weighted by Crippen LogP contribution is -2.14. The fourth-order valence-electron chi connectivity index (χ4n) is 0. The molecule has 0 aliphatic heterocycles. The maximum atomic E-state index is 9.64. The van der Waals surface area contributed by atoms with Gasteiger partial charge in [0.15, 0.2) is 5.44 Å². The second-order valence-corrected chi connectivity index (χ2v) is 3.57. The number of nitrogens with two attached hydrogens (primary N) is 1. The topological polar surface area (TPSA) is 121 Å². The Morgan fingerprint density at radius 1 is 1.27 bits per heavy atom. The van der Waals surface area contributed by atoms with Gasteiger partial charge in [-0.2, -0.15) is 8.42 Å². The summed E-state index contributed by atoms with van der Waals surface area (Å²) in [5.41, 5.74) is 2.99. The summed E-state index contributed by atoms with van der Waals surface area (Å²) in [6, 6.07) is 0. The Morgan fingerprint density at radius 2 is 1.36 bits per heavy atom. The molecule has 6 nitrogen and oxygen atoms in total. The van der Waals surface area contributed by atoms with E-state index in [9.17, 15) is 8.42 Å². The highest BCUT2D eigenvalue weighted by molar-refractivity contribution is 7.86. The molecule has 5 N–H and O–H groups in total. The lowest BCUT2D eigenvalue weighted by molar-refractivity contribution is 0.203. The van der Waals surface area contributed by atoms with Crippen LogP contribution in [0.5, 0.6) is 0 Å². The summed E-state index contributed by atoms with van der Waals surface area (Å²) in [6.45, 7) is 2.47. The van der Waals surface area contributed by atoms with Gasteiger partial charge in [0.25, 0.3) is 10.1 Å². The number of hydrogen-bond donors (Lipinski definition) is 4. The highest BCUT2D eigenvalue weighted by Crippen LogP contribution is 1.88. The summed E-state index contributed by atoms with van der Waals surface area (Å²) in [4.78, 5) is 0. The van der Waals surface area contributed by atoms with Crippen molar-refractivity contribution in [2.45, 2.75) is 25.5 Å². The molecule has 0 rings (SSSR count). The molecule has 0 radical (unpaired) electrons. The third kappa shape index (κ3) is 17.7. The molecule has 0 saturated carbocycles. The first-order valence-electron chi connectivity index (χ1n) is 2.76. The summed E-state index contributed by atoms with van der Waals surface area (Å²) >= 11 is 0. The van der Waals surface area contributed by atoms with Gasteiger partial charge in [0, 0.05) is 0 Å². The minimum absolute atomic E-state index is 0.667. The quantitative estimate of drug-likeness (QED) is 0.293. The Morgan fingerprint density at radius 3 is 1.36 bits per heavy atom. The standard InChI is InChI=1S/C2H7NO.C2H6O4S/c1-2(3)4;1-2(3)7(4,5)6/h2,4H,3H2,1H3;2-3H,1H3,(H,4,5,6). The molecule has 11 heavy (non-hydrogen) atoms. The van der Waals surface area contributed by atoms with Gasteiger partial charge in [0.05, 0.1) is 6.23 Å². The zero-order valence-electron chi connectivity index (χ0n) is 6.30. The van der Waals surface area contributed by atoms with Crippen LogP contribution in [0.2, 0.25) is 0 Å². The fourth-order valence-corrected chi connectivity index (χ4v) is 0. The van der Waals surface area contributed by atoms with E-state index in [0.717, 1.165) is 6.92 Å². The van der Waals surface area contributed by atoms with Crippen LogP contribution in [0.3, 0.4) is 0 Å². The van der Waals surface area contributed by atoms with Crippen molar-refractivity contribution in [1.82, 2.24) is 0 Å². The molecule has 0 aliphatic carbocycles. The molecule has 2 unspecified atom stereocenters. The average Bonchev–Trinajstić information content (AvgIpc) is 1.59. The van der Waals surface area contributed by atoms with Crippen molar-refractivity contribution in [2.24, 2.45) is 5.73 Å². The largest absolute Gasteiger partial charge is 0.379 e. The van der Waals surface area contributed by atoms with E-state index in [1.165, 1.54) is 6.92 Å². The van der Waals surface area contributed by atoms with Crippen LogP contribution in [0, 0.1) is 0 Å². The maximum absolute atomic E-state index is 9.64. The molecule has 70 valence electrons. The first-order valence-corrected chi connectivity index (χ1v) is 4.26. The van der Waals surface area contributed by atoms with Gasteiger partial charge in [-0.3, -0.25) is 4.55 Å². The maximum Gasteiger partial charge on any atom is 0.291 e. The second kappa shape index (κ2) is 5.44. The van der Waals surface area contributed by atoms with E-state index in [2.05, 4.69) is 5.73 Å². The monoisotopic (exact) mass is 187 g/mol. The SMILES string of the molecule is CC(N)O.CC(O)S(=O)(=O)O. The molecule has 0 aromatic carbocycles. The number of hydrogen-bond acceptors (Lipinski definition) is 5. The zero-order valence-corrected chi connectivity index (χ0v) is 7.11. The summed E-state index contributed by atoms with van der Waals surface area (Å²) in [5.74, 6) is 0. The molecule has 0 fully saturated rings. The predicted octanol–water partition coefficient (Wildman–Crippen LogP) is -1.50. The van der Waals surface area contributed by atoms with Gasteiger partial charge in [-0.25, -0.2) is 0 Å². The van der Waals surface area contributed by atoms with Crippen molar-refractivity contribution in [1.29, 1.82) is 0 Å². The van der Waals surface area contributed by atoms with E-state index in [4.69, 9.17) is 14.8 Å². The molecule has 0 spiro atoms. The summed E-state index contributed by atoms with van der Waals surface area (Å²) < 4.78 is 27.1. The van der Waals surface area contributed by atoms with Gasteiger partial charge < -0.3 is 15.9 Å². The minimum atomic E-state index is -4.19. The second-order valence-electron chi connectivity index (χ2n) is 1.85. The van der Waals surface area contributed by atoms with Crippen molar-refractivity contribution in [3.8, 4) is 0 Å². The van der Waals surface area contributed by atoms with E-state index in [-0.39, 0.29) is 0 Å². The van der Waals surface area contributed by atoms with E-state index in [1.54, 1.807) is 0 Å². The lowest BCUT2D eigenvalue weighted by Gasteiger charge is -1.94. The fraction of sp³-hybridized carbons (Fsp3) is 1.00. The van der Waals surface area contributed by atoms with Crippen LogP contribution in [0.1, 0.15) is 13.8 Å². The Balaban J connectivity index is 0. The molecule has 0 aromatic rings. The molecule has 0 heterocycles. The van der Waals surface area contributed by atoms with Crippen LogP contribution in [0.15, 0.2) is 0 Å². The summed E-state index contributed by atoms with van der Waals surface area (Å²) in [5, 5.41) is 15.9. The normalized spacial score (nSPS) is 16.2. The number of aliphatic hydroxyl groups excluding tert-OH is 2. The van der Waals surface area contributed by atoms with E-state index in [0.29, 0.717) is 0 Å². The van der Waals surface area contributed by atoms with Crippen LogP contribution in [-0.2, 0) is 10.1 Å². The molecule has 2 atom stereocenters. The van der Waals surface area contributed by atoms with Crippen LogP contribution >= 0.6 is 0 Å². The Bertz CT molecular complexity index is 170. The van der Waals surface area contributed by atoms with Crippen LogP contribution in [-0.4, -0.2) is 34.8 Å². The van der Waals surface area contributed by atoms with Gasteiger partial charge in [0.1, 0.15) is 0 Å². The molecule has 0 aromatic heterocycles. The summed E-state index contributed by atoms with van der Waals surface area (Å²) in [7, 11) is -4.19. The Kier molecular flexibility index (Phi) is 6.62. The molecule has 0 aliphatic rings. The van der Waals surface area contributed by atoms with Gasteiger partial charge >= 0.3 is 0 Å². The van der Waals surface area contributed by atoms with Gasteiger partial charge in [-0.1, -0.05) is 0 Å². The molecule has 7 heteroatoms. The number of aliphatic hydroxyl groups is 2. The first-order chi connectivity index (χ1) is 4.68. The lowest BCUT2D eigenvalue weighted by atomic mass is 10.7.